The van der Waals surface area contributed by atoms with E-state index in [2.05, 4.69) is 0 Å². The molecule has 1 heterocycles. The summed E-state index contributed by atoms with van der Waals surface area (Å²) in [4.78, 5) is 27.8. The molecule has 1 fully saturated rings. The minimum absolute atomic E-state index is 0.00687. The second kappa shape index (κ2) is 8.89. The van der Waals surface area contributed by atoms with E-state index >= 15 is 0 Å². The highest BCUT2D eigenvalue weighted by molar-refractivity contribution is 6.51. The van der Waals surface area contributed by atoms with Crippen molar-refractivity contribution in [3.8, 4) is 5.75 Å². The number of amides is 1. The fraction of sp³-hybridized carbons (Fsp3) is 0.154. The number of hydrogen-bond acceptors (Lipinski definition) is 4. The normalized spacial score (nSPS) is 17.6. The number of ketones is 1. The van der Waals surface area contributed by atoms with Crippen molar-refractivity contribution in [1.82, 2.24) is 0 Å². The van der Waals surface area contributed by atoms with Gasteiger partial charge in [-0.3, -0.25) is 14.5 Å². The van der Waals surface area contributed by atoms with Crippen molar-refractivity contribution in [2.45, 2.75) is 19.9 Å². The standard InChI is InChI=1S/C26H22ClNO4/c1-3-32-21-12-6-8-17(15-21)23-22(24(29)18-9-5-10-19(27)14-18)25(30)26(31)28(23)20-11-4-7-16(2)13-20/h4-15,23,29H,3H2,1-2H3/b24-22+. The Morgan fingerprint density at radius 2 is 1.78 bits per heavy atom. The third-order valence-electron chi connectivity index (χ3n) is 5.31. The molecule has 6 heteroatoms. The highest BCUT2D eigenvalue weighted by atomic mass is 35.5. The van der Waals surface area contributed by atoms with Crippen LogP contribution < -0.4 is 9.64 Å². The van der Waals surface area contributed by atoms with Gasteiger partial charge in [0.15, 0.2) is 0 Å². The molecule has 1 N–H and O–H groups in total. The molecule has 1 amide bonds. The number of aliphatic hydroxyl groups excluding tert-OH is 1. The van der Waals surface area contributed by atoms with Crippen molar-refractivity contribution < 1.29 is 19.4 Å². The summed E-state index contributed by atoms with van der Waals surface area (Å²) in [6.45, 7) is 4.27. The number of carbonyl (C=O) groups excluding carboxylic acids is 2. The fourth-order valence-corrected chi connectivity index (χ4v) is 4.11. The predicted molar refractivity (Wildman–Crippen MR) is 125 cm³/mol. The lowest BCUT2D eigenvalue weighted by Crippen LogP contribution is -2.29. The average Bonchev–Trinajstić information content (AvgIpc) is 3.04. The van der Waals surface area contributed by atoms with E-state index in [1.54, 1.807) is 42.5 Å². The van der Waals surface area contributed by atoms with Crippen LogP contribution in [0.1, 0.15) is 29.7 Å². The van der Waals surface area contributed by atoms with Crippen molar-refractivity contribution in [2.24, 2.45) is 0 Å². The van der Waals surface area contributed by atoms with E-state index in [4.69, 9.17) is 16.3 Å². The number of hydrogen-bond donors (Lipinski definition) is 1. The molecule has 162 valence electrons. The number of halogens is 1. The largest absolute Gasteiger partial charge is 0.507 e. The van der Waals surface area contributed by atoms with E-state index in [0.29, 0.717) is 34.2 Å². The summed E-state index contributed by atoms with van der Waals surface area (Å²) in [7, 11) is 0. The third-order valence-corrected chi connectivity index (χ3v) is 5.54. The van der Waals surface area contributed by atoms with E-state index in [1.165, 1.54) is 4.90 Å². The average molecular weight is 448 g/mol. The van der Waals surface area contributed by atoms with Gasteiger partial charge >= 0.3 is 0 Å². The Kier molecular flexibility index (Phi) is 6.01. The summed E-state index contributed by atoms with van der Waals surface area (Å²) in [5.74, 6) is -1.11. The molecule has 0 aliphatic carbocycles. The number of anilines is 1. The van der Waals surface area contributed by atoms with Gasteiger partial charge in [0.25, 0.3) is 11.7 Å². The van der Waals surface area contributed by atoms with E-state index in [1.807, 2.05) is 44.2 Å². The van der Waals surface area contributed by atoms with Crippen LogP contribution in [0.2, 0.25) is 5.02 Å². The Labute approximate surface area is 191 Å². The summed E-state index contributed by atoms with van der Waals surface area (Å²) in [5.41, 5.74) is 2.54. The predicted octanol–water partition coefficient (Wildman–Crippen LogP) is 5.67. The molecule has 0 aromatic heterocycles. The van der Waals surface area contributed by atoms with Gasteiger partial charge in [0.05, 0.1) is 18.2 Å². The molecule has 0 spiro atoms. The zero-order valence-electron chi connectivity index (χ0n) is 17.7. The van der Waals surface area contributed by atoms with Gasteiger partial charge < -0.3 is 9.84 Å². The maximum Gasteiger partial charge on any atom is 0.300 e. The SMILES string of the molecule is CCOc1cccc(C2/C(=C(\O)c3cccc(Cl)c3)C(=O)C(=O)N2c2cccc(C)c2)c1. The zero-order valence-corrected chi connectivity index (χ0v) is 18.5. The maximum atomic E-state index is 13.2. The molecular weight excluding hydrogens is 426 g/mol. The maximum absolute atomic E-state index is 13.2. The zero-order chi connectivity index (χ0) is 22.8. The van der Waals surface area contributed by atoms with Gasteiger partial charge in [0, 0.05) is 16.3 Å². The molecule has 1 aliphatic rings. The highest BCUT2D eigenvalue weighted by Crippen LogP contribution is 2.43. The Hall–Kier alpha value is -3.57. The molecule has 0 radical (unpaired) electrons. The summed E-state index contributed by atoms with van der Waals surface area (Å²) < 4.78 is 5.63. The lowest BCUT2D eigenvalue weighted by molar-refractivity contribution is -0.132. The molecule has 0 bridgehead atoms. The van der Waals surface area contributed by atoms with Crippen molar-refractivity contribution >= 4 is 34.7 Å². The Morgan fingerprint density at radius 1 is 1.03 bits per heavy atom. The molecule has 1 unspecified atom stereocenters. The Balaban J connectivity index is 1.95. The van der Waals surface area contributed by atoms with Crippen LogP contribution in [-0.4, -0.2) is 23.4 Å². The molecule has 1 saturated heterocycles. The first-order chi connectivity index (χ1) is 15.4. The van der Waals surface area contributed by atoms with Crippen LogP contribution in [0.25, 0.3) is 5.76 Å². The summed E-state index contributed by atoms with van der Waals surface area (Å²) in [6, 6.07) is 20.3. The molecule has 32 heavy (non-hydrogen) atoms. The first kappa shape index (κ1) is 21.7. The lowest BCUT2D eigenvalue weighted by Gasteiger charge is -2.26. The number of rotatable bonds is 5. The van der Waals surface area contributed by atoms with Crippen LogP contribution >= 0.6 is 11.6 Å². The Bertz CT molecular complexity index is 1230. The summed E-state index contributed by atoms with van der Waals surface area (Å²) in [6.07, 6.45) is 0. The first-order valence-electron chi connectivity index (χ1n) is 10.3. The third kappa shape index (κ3) is 3.99. The van der Waals surface area contributed by atoms with E-state index in [9.17, 15) is 14.7 Å². The number of aliphatic hydroxyl groups is 1. The second-order valence-corrected chi connectivity index (χ2v) is 7.96. The second-order valence-electron chi connectivity index (χ2n) is 7.52. The summed E-state index contributed by atoms with van der Waals surface area (Å²) in [5, 5.41) is 11.6. The molecule has 4 rings (SSSR count). The van der Waals surface area contributed by atoms with E-state index in [-0.39, 0.29) is 11.3 Å². The molecular formula is C26H22ClNO4. The van der Waals surface area contributed by atoms with Gasteiger partial charge in [-0.15, -0.1) is 0 Å². The van der Waals surface area contributed by atoms with Crippen molar-refractivity contribution in [3.05, 3.63) is 100 Å². The van der Waals surface area contributed by atoms with Crippen LogP contribution in [0.5, 0.6) is 5.75 Å². The van der Waals surface area contributed by atoms with Crippen LogP contribution in [0, 0.1) is 6.92 Å². The molecule has 1 aliphatic heterocycles. The first-order valence-corrected chi connectivity index (χ1v) is 10.6. The van der Waals surface area contributed by atoms with Crippen molar-refractivity contribution in [3.63, 3.8) is 0 Å². The van der Waals surface area contributed by atoms with E-state index < -0.39 is 17.7 Å². The topological polar surface area (TPSA) is 66.8 Å². The van der Waals surface area contributed by atoms with Gasteiger partial charge in [0.1, 0.15) is 11.5 Å². The lowest BCUT2D eigenvalue weighted by atomic mass is 9.95. The monoisotopic (exact) mass is 447 g/mol. The van der Waals surface area contributed by atoms with Crippen LogP contribution in [0.3, 0.4) is 0 Å². The number of benzene rings is 3. The molecule has 1 atom stereocenters. The molecule has 5 nitrogen and oxygen atoms in total. The van der Waals surface area contributed by atoms with Gasteiger partial charge in [-0.05, 0) is 61.4 Å². The van der Waals surface area contributed by atoms with Crippen LogP contribution in [0.15, 0.2) is 78.4 Å². The molecule has 3 aromatic carbocycles. The minimum Gasteiger partial charge on any atom is -0.507 e. The van der Waals surface area contributed by atoms with Crippen molar-refractivity contribution in [1.29, 1.82) is 0 Å². The number of nitrogens with zero attached hydrogens (tertiary/aromatic N) is 1. The smallest absolute Gasteiger partial charge is 0.300 e. The number of aryl methyl sites for hydroxylation is 1. The van der Waals surface area contributed by atoms with Gasteiger partial charge in [-0.1, -0.05) is 48.0 Å². The molecule has 3 aromatic rings. The summed E-state index contributed by atoms with van der Waals surface area (Å²) >= 11 is 6.10. The Morgan fingerprint density at radius 3 is 2.50 bits per heavy atom. The number of Topliss-reactive ketones (excluding diaryl/α,β-unsaturated/α-hetero) is 1. The fourth-order valence-electron chi connectivity index (χ4n) is 3.92. The number of ether oxygens (including phenoxy) is 1. The van der Waals surface area contributed by atoms with Crippen molar-refractivity contribution in [2.75, 3.05) is 11.5 Å². The minimum atomic E-state index is -0.823. The van der Waals surface area contributed by atoms with Gasteiger partial charge in [-0.25, -0.2) is 0 Å². The van der Waals surface area contributed by atoms with E-state index in [0.717, 1.165) is 5.56 Å². The van der Waals surface area contributed by atoms with Gasteiger partial charge in [0.2, 0.25) is 0 Å². The molecule has 0 saturated carbocycles. The quantitative estimate of drug-likeness (QED) is 0.310. The highest BCUT2D eigenvalue weighted by Gasteiger charge is 2.47. The van der Waals surface area contributed by atoms with Crippen LogP contribution in [0.4, 0.5) is 5.69 Å². The van der Waals surface area contributed by atoms with Gasteiger partial charge in [-0.2, -0.15) is 0 Å². The number of carbonyl (C=O) groups is 2. The van der Waals surface area contributed by atoms with Crippen LogP contribution in [-0.2, 0) is 9.59 Å².